The topological polar surface area (TPSA) is 23.3 Å². The molecule has 0 aliphatic carbocycles. The first kappa shape index (κ1) is 8.10. The van der Waals surface area contributed by atoms with Crippen molar-refractivity contribution in [3.8, 4) is 5.75 Å². The molecule has 1 aromatic carbocycles. The molecule has 1 aromatic rings. The average molecular weight is 178 g/mol. The predicted octanol–water partition coefficient (Wildman–Crippen LogP) is 2.44. The van der Waals surface area contributed by atoms with E-state index < -0.39 is 0 Å². The van der Waals surface area contributed by atoms with E-state index in [2.05, 4.69) is 5.32 Å². The summed E-state index contributed by atoms with van der Waals surface area (Å²) in [5.74, 6) is 0.362. The number of nitrogens with zero attached hydrogens (tertiary/aromatic N) is 1. The highest BCUT2D eigenvalue weighted by Crippen LogP contribution is 2.36. The molecule has 0 atom stereocenters. The summed E-state index contributed by atoms with van der Waals surface area (Å²) in [6.45, 7) is 1.83. The number of benzene rings is 1. The Kier molecular flexibility index (Phi) is 1.72. The molecule has 0 aromatic heterocycles. The predicted molar refractivity (Wildman–Crippen MR) is 48.4 cm³/mol. The molecule has 1 aliphatic heterocycles. The number of rotatable bonds is 1. The van der Waals surface area contributed by atoms with Crippen LogP contribution in [0.1, 0.15) is 12.5 Å². The van der Waals surface area contributed by atoms with E-state index in [-0.39, 0.29) is 5.82 Å². The third-order valence-electron chi connectivity index (χ3n) is 1.99. The fraction of sp³-hybridized carbons (Fsp3) is 0.200. The van der Waals surface area contributed by atoms with Gasteiger partial charge in [0.25, 0.3) is 0 Å². The van der Waals surface area contributed by atoms with Gasteiger partial charge in [-0.3, -0.25) is 0 Å². The highest BCUT2D eigenvalue weighted by atomic mass is 19.1. The first-order chi connectivity index (χ1) is 6.22. The van der Waals surface area contributed by atoms with E-state index in [1.807, 2.05) is 13.0 Å². The molecule has 0 spiro atoms. The van der Waals surface area contributed by atoms with Gasteiger partial charge in [0.1, 0.15) is 17.3 Å². The Hall–Kier alpha value is -1.51. The van der Waals surface area contributed by atoms with E-state index in [0.29, 0.717) is 11.4 Å². The molecule has 2 rings (SSSR count). The normalized spacial score (nSPS) is 13.3. The first-order valence-corrected chi connectivity index (χ1v) is 3.99. The van der Waals surface area contributed by atoms with Crippen molar-refractivity contribution >= 4 is 11.8 Å². The van der Waals surface area contributed by atoms with Crippen molar-refractivity contribution in [3.63, 3.8) is 0 Å². The monoisotopic (exact) mass is 178 g/mol. The van der Waals surface area contributed by atoms with Gasteiger partial charge >= 0.3 is 0 Å². The Morgan fingerprint density at radius 1 is 1.38 bits per heavy atom. The van der Waals surface area contributed by atoms with E-state index in [4.69, 9.17) is 4.74 Å². The van der Waals surface area contributed by atoms with Crippen molar-refractivity contribution in [2.45, 2.75) is 6.92 Å². The summed E-state index contributed by atoms with van der Waals surface area (Å²) in [5, 5.41) is 4.07. The number of ether oxygens (including phenoxy) is 1. The van der Waals surface area contributed by atoms with Crippen LogP contribution in [0.15, 0.2) is 17.8 Å². The summed E-state index contributed by atoms with van der Waals surface area (Å²) in [6.07, 6.45) is 1.82. The minimum atomic E-state index is -0.302. The van der Waals surface area contributed by atoms with E-state index in [1.54, 1.807) is 13.2 Å². The summed E-state index contributed by atoms with van der Waals surface area (Å²) in [7, 11) is 1.56. The van der Waals surface area contributed by atoms with Crippen LogP contribution in [0.2, 0.25) is 0 Å². The van der Waals surface area contributed by atoms with Crippen LogP contribution in [0.25, 0.3) is 6.08 Å². The highest BCUT2D eigenvalue weighted by Gasteiger charge is 2.19. The van der Waals surface area contributed by atoms with E-state index in [0.717, 1.165) is 11.3 Å². The Balaban J connectivity index is 2.61. The lowest BCUT2D eigenvalue weighted by Gasteiger charge is -2.05. The van der Waals surface area contributed by atoms with Gasteiger partial charge in [-0.05, 0) is 25.1 Å². The van der Waals surface area contributed by atoms with Gasteiger partial charge in [0.05, 0.1) is 7.11 Å². The average Bonchev–Trinajstić information content (AvgIpc) is 2.48. The number of methoxy groups -OCH3 is 1. The molecule has 13 heavy (non-hydrogen) atoms. The molecule has 0 saturated carbocycles. The molecule has 1 aliphatic rings. The molecule has 0 bridgehead atoms. The van der Waals surface area contributed by atoms with Crippen LogP contribution in [0.3, 0.4) is 0 Å². The summed E-state index contributed by atoms with van der Waals surface area (Å²) in [4.78, 5) is 0. The molecular weight excluding hydrogens is 169 g/mol. The molecule has 1 heterocycles. The van der Waals surface area contributed by atoms with E-state index in [1.165, 1.54) is 6.07 Å². The molecule has 0 saturated heterocycles. The number of halogens is 1. The van der Waals surface area contributed by atoms with Gasteiger partial charge in [0, 0.05) is 11.3 Å². The van der Waals surface area contributed by atoms with Crippen molar-refractivity contribution in [1.29, 1.82) is 0 Å². The Labute approximate surface area is 76.0 Å². The molecule has 1 radical (unpaired) electrons. The van der Waals surface area contributed by atoms with Crippen LogP contribution in [-0.2, 0) is 0 Å². The van der Waals surface area contributed by atoms with Gasteiger partial charge in [-0.15, -0.1) is 0 Å². The quantitative estimate of drug-likeness (QED) is 0.647. The zero-order valence-electron chi connectivity index (χ0n) is 7.47. The summed E-state index contributed by atoms with van der Waals surface area (Å²) in [6, 6.07) is 2.98. The van der Waals surface area contributed by atoms with Gasteiger partial charge in [0.2, 0.25) is 0 Å². The van der Waals surface area contributed by atoms with E-state index in [9.17, 15) is 4.39 Å². The fourth-order valence-electron chi connectivity index (χ4n) is 1.41. The second-order valence-corrected chi connectivity index (χ2v) is 2.91. The third kappa shape index (κ3) is 1.16. The smallest absolute Gasteiger partial charge is 0.149 e. The maximum atomic E-state index is 13.2. The summed E-state index contributed by atoms with van der Waals surface area (Å²) < 4.78 is 18.3. The number of fused-ring (bicyclic) bond motifs is 1. The van der Waals surface area contributed by atoms with Crippen LogP contribution in [0, 0.1) is 5.82 Å². The van der Waals surface area contributed by atoms with Gasteiger partial charge in [-0.25, -0.2) is 9.71 Å². The van der Waals surface area contributed by atoms with Gasteiger partial charge in [-0.1, -0.05) is 0 Å². The maximum Gasteiger partial charge on any atom is 0.149 e. The number of hydrogen-bond donors (Lipinski definition) is 0. The molecule has 3 heteroatoms. The van der Waals surface area contributed by atoms with Gasteiger partial charge in [-0.2, -0.15) is 0 Å². The largest absolute Gasteiger partial charge is 0.496 e. The minimum Gasteiger partial charge on any atom is -0.496 e. The van der Waals surface area contributed by atoms with Crippen LogP contribution in [-0.4, -0.2) is 7.11 Å². The first-order valence-electron chi connectivity index (χ1n) is 3.99. The van der Waals surface area contributed by atoms with Crippen molar-refractivity contribution < 1.29 is 9.13 Å². The van der Waals surface area contributed by atoms with Crippen LogP contribution in [0.5, 0.6) is 5.75 Å². The molecule has 0 unspecified atom stereocenters. The maximum absolute atomic E-state index is 13.2. The number of allylic oxidation sites excluding steroid dienone is 1. The lowest BCUT2D eigenvalue weighted by atomic mass is 10.1. The zero-order valence-corrected chi connectivity index (χ0v) is 7.47. The molecule has 2 nitrogen and oxygen atoms in total. The molecule has 0 fully saturated rings. The molecule has 0 N–H and O–H groups in total. The van der Waals surface area contributed by atoms with Gasteiger partial charge in [0.15, 0.2) is 0 Å². The van der Waals surface area contributed by atoms with Crippen molar-refractivity contribution in [1.82, 2.24) is 5.32 Å². The second-order valence-electron chi connectivity index (χ2n) is 2.91. The lowest BCUT2D eigenvalue weighted by molar-refractivity contribution is 0.413. The van der Waals surface area contributed by atoms with Crippen molar-refractivity contribution in [2.24, 2.45) is 0 Å². The highest BCUT2D eigenvalue weighted by molar-refractivity contribution is 5.76. The van der Waals surface area contributed by atoms with Crippen molar-refractivity contribution in [3.05, 3.63) is 29.2 Å². The third-order valence-corrected chi connectivity index (χ3v) is 1.99. The van der Waals surface area contributed by atoms with Crippen LogP contribution >= 0.6 is 0 Å². The van der Waals surface area contributed by atoms with Crippen LogP contribution < -0.4 is 10.1 Å². The zero-order chi connectivity index (χ0) is 9.42. The summed E-state index contributed by atoms with van der Waals surface area (Å²) >= 11 is 0. The van der Waals surface area contributed by atoms with E-state index >= 15 is 0 Å². The minimum absolute atomic E-state index is 0.302. The Morgan fingerprint density at radius 2 is 2.15 bits per heavy atom. The van der Waals surface area contributed by atoms with Gasteiger partial charge < -0.3 is 4.74 Å². The Morgan fingerprint density at radius 3 is 2.85 bits per heavy atom. The van der Waals surface area contributed by atoms with Crippen LogP contribution in [0.4, 0.5) is 10.1 Å². The fourth-order valence-corrected chi connectivity index (χ4v) is 1.41. The number of hydrogen-bond acceptors (Lipinski definition) is 1. The Bertz CT molecular complexity index is 385. The summed E-state index contributed by atoms with van der Waals surface area (Å²) in [5.41, 5.74) is 1.93. The van der Waals surface area contributed by atoms with Crippen molar-refractivity contribution in [2.75, 3.05) is 7.11 Å². The second kappa shape index (κ2) is 2.76. The molecule has 0 amide bonds. The molecular formula is C10H9FNO. The lowest BCUT2D eigenvalue weighted by Crippen LogP contribution is -1.93. The standard InChI is InChI=1S/C10H9FNO/c1-6-5-7-9(13-2)4-3-8(11)10(7)12-6/h3-5H,1-2H3. The molecule has 67 valence electrons. The SMILES string of the molecule is COc1ccc(F)c2c1C=C(C)[N]2.